The summed E-state index contributed by atoms with van der Waals surface area (Å²) in [5, 5.41) is 0. The van der Waals surface area contributed by atoms with Crippen LogP contribution in [-0.4, -0.2) is 49.8 Å². The number of nitrogens with zero attached hydrogens (tertiary/aromatic N) is 4. The predicted molar refractivity (Wildman–Crippen MR) is 251 cm³/mol. The molecule has 0 atom stereocenters. The monoisotopic (exact) mass is 906 g/mol. The zero-order chi connectivity index (χ0) is 40.2. The van der Waals surface area contributed by atoms with E-state index in [1.54, 1.807) is 96.3 Å². The van der Waals surface area contributed by atoms with Gasteiger partial charge in [0.15, 0.2) is 0 Å². The summed E-state index contributed by atoms with van der Waals surface area (Å²) >= 11 is -1.61. The number of aryl methyl sites for hydroxylation is 4. The van der Waals surface area contributed by atoms with Gasteiger partial charge in [-0.3, -0.25) is 0 Å². The summed E-state index contributed by atoms with van der Waals surface area (Å²) < 4.78 is 1.92. The molecule has 0 aromatic heterocycles. The Kier molecular flexibility index (Phi) is 18.1. The Morgan fingerprint density at radius 2 is 0.911 bits per heavy atom. The average Bonchev–Trinajstić information content (AvgIpc) is 3.65. The van der Waals surface area contributed by atoms with E-state index in [1.165, 1.54) is 62.0 Å². The Bertz CT molecular complexity index is 1560. The normalized spacial score (nSPS) is 18.2. The van der Waals surface area contributed by atoms with E-state index in [-0.39, 0.29) is 7.92 Å². The van der Waals surface area contributed by atoms with Crippen LogP contribution < -0.4 is 19.6 Å². The van der Waals surface area contributed by atoms with Gasteiger partial charge < -0.3 is 19.6 Å². The van der Waals surface area contributed by atoms with Gasteiger partial charge in [0.1, 0.15) is 0 Å². The summed E-state index contributed by atoms with van der Waals surface area (Å²) in [7, 11) is 19.6. The summed E-state index contributed by atoms with van der Waals surface area (Å²) in [5.74, 6) is 0. The first-order valence-corrected chi connectivity index (χ1v) is 28.6. The molecule has 4 nitrogen and oxygen atoms in total. The van der Waals surface area contributed by atoms with E-state index in [1.807, 2.05) is 34.9 Å². The van der Waals surface area contributed by atoms with E-state index in [0.717, 1.165) is 5.56 Å². The Hall–Kier alpha value is -1.90. The second-order valence-electron chi connectivity index (χ2n) is 17.1. The fourth-order valence-electron chi connectivity index (χ4n) is 9.73. The van der Waals surface area contributed by atoms with Crippen molar-refractivity contribution in [3.8, 4) is 0 Å². The molecule has 0 saturated heterocycles. The molecule has 0 amide bonds. The van der Waals surface area contributed by atoms with Gasteiger partial charge in [-0.2, -0.15) is 0 Å². The quantitative estimate of drug-likeness (QED) is 0.127. The molecule has 0 bridgehead atoms. The standard InChI is InChI=1S/C23H31N4.C18H33P.C7H6.2ClH.Ru/c1-16-11-20(24(5)6)12-17(2)22(16)26-9-10-27(15-26)23-18(3)13-21(25(7)8)14-19(23)4;1-4-10-16(11-5-1)19(17-12-6-2-7-13-17)18-14-8-3-9-15-18;1-7-5-3-2-4-6-7;;;/h9-15H,1-8H3;16-18H,1-15H2;1-6H;2*1H;/q-1;;;;;+2/p-1. The van der Waals surface area contributed by atoms with Gasteiger partial charge in [-0.25, -0.2) is 0 Å². The molecule has 310 valence electrons. The molecule has 4 aliphatic rings. The van der Waals surface area contributed by atoms with Crippen molar-refractivity contribution < 1.29 is 13.5 Å². The molecule has 3 fully saturated rings. The summed E-state index contributed by atoms with van der Waals surface area (Å²) in [4.78, 5) is 8.75. The molecule has 3 saturated carbocycles. The zero-order valence-corrected chi connectivity index (χ0v) is 40.0. The van der Waals surface area contributed by atoms with Crippen molar-refractivity contribution in [3.05, 3.63) is 101 Å². The number of benzene rings is 3. The molecule has 8 heteroatoms. The third-order valence-corrected chi connectivity index (χ3v) is 18.8. The first-order valence-electron chi connectivity index (χ1n) is 21.3. The van der Waals surface area contributed by atoms with E-state index in [9.17, 15) is 0 Å². The van der Waals surface area contributed by atoms with Crippen LogP contribution in [0.15, 0.2) is 67.0 Å². The first kappa shape index (κ1) is 45.2. The maximum absolute atomic E-state index is 5.67. The number of anilines is 4. The second kappa shape index (κ2) is 22.5. The Labute approximate surface area is 356 Å². The number of rotatable bonds is 8. The van der Waals surface area contributed by atoms with Gasteiger partial charge in [-0.1, -0.05) is 19.3 Å². The molecule has 0 spiro atoms. The Balaban J connectivity index is 0.000000178. The average molecular weight is 907 g/mol. The van der Waals surface area contributed by atoms with Crippen molar-refractivity contribution >= 4 is 54.7 Å². The minimum atomic E-state index is -1.61. The predicted octanol–water partition coefficient (Wildman–Crippen LogP) is 13.9. The van der Waals surface area contributed by atoms with Crippen molar-refractivity contribution in [2.75, 3.05) is 47.8 Å². The van der Waals surface area contributed by atoms with E-state index in [0.29, 0.717) is 0 Å². The van der Waals surface area contributed by atoms with Crippen molar-refractivity contribution in [2.45, 2.75) is 141 Å². The maximum atomic E-state index is 5.67. The van der Waals surface area contributed by atoms with Crippen LogP contribution in [0.25, 0.3) is 0 Å². The molecular weight excluding hydrogens is 836 g/mol. The van der Waals surface area contributed by atoms with Crippen LogP contribution in [0.4, 0.5) is 22.7 Å². The number of hydrogen-bond donors (Lipinski definition) is 0. The van der Waals surface area contributed by atoms with Crippen LogP contribution in [0.3, 0.4) is 0 Å². The van der Waals surface area contributed by atoms with Crippen molar-refractivity contribution in [1.82, 2.24) is 0 Å². The summed E-state index contributed by atoms with van der Waals surface area (Å²) in [6, 6.07) is 18.9. The van der Waals surface area contributed by atoms with E-state index in [4.69, 9.17) is 19.4 Å². The van der Waals surface area contributed by atoms with Gasteiger partial charge >= 0.3 is 73.4 Å². The number of hydrogen-bond acceptors (Lipinski definition) is 4. The van der Waals surface area contributed by atoms with Crippen LogP contribution in [0.2, 0.25) is 0 Å². The van der Waals surface area contributed by atoms with Crippen LogP contribution in [-0.2, 0) is 13.5 Å². The van der Waals surface area contributed by atoms with Gasteiger partial charge in [-0.05, 0) is 164 Å². The Morgan fingerprint density at radius 3 is 1.21 bits per heavy atom. The van der Waals surface area contributed by atoms with Crippen LogP contribution in [0.1, 0.15) is 124 Å². The third kappa shape index (κ3) is 12.8. The third-order valence-electron chi connectivity index (χ3n) is 12.4. The SMILES string of the molecule is C1CCC([PH+](C2CCCCC2)C2CCCCC2)CC1.Cc1cc(N(C)C)cc(C)c1N1C=CN(c2c(C)cc(N(C)C)cc2C)[CH-]1.[Cl][Ru]([Cl])=[CH]c1ccccc1. The van der Waals surface area contributed by atoms with Gasteiger partial charge in [0.2, 0.25) is 0 Å². The van der Waals surface area contributed by atoms with E-state index >= 15 is 0 Å². The molecule has 3 aliphatic carbocycles. The summed E-state index contributed by atoms with van der Waals surface area (Å²) in [6.45, 7) is 10.9. The minimum absolute atomic E-state index is 0.0465. The van der Waals surface area contributed by atoms with E-state index < -0.39 is 13.5 Å². The molecule has 3 aromatic carbocycles. The molecule has 1 aliphatic heterocycles. The van der Waals surface area contributed by atoms with Gasteiger partial charge in [0.05, 0.1) is 17.0 Å². The summed E-state index contributed by atoms with van der Waals surface area (Å²) in [5.41, 5.74) is 14.9. The Morgan fingerprint density at radius 1 is 0.571 bits per heavy atom. The fraction of sp³-hybridized carbons (Fsp3) is 0.542. The molecule has 1 heterocycles. The molecule has 0 radical (unpaired) electrons. The number of halogens is 2. The topological polar surface area (TPSA) is 13.0 Å². The van der Waals surface area contributed by atoms with Crippen molar-refractivity contribution in [1.29, 1.82) is 0 Å². The van der Waals surface area contributed by atoms with Gasteiger partial charge in [-0.15, -0.1) is 6.67 Å². The molecular formula is C48H71Cl2N4PRu. The molecule has 56 heavy (non-hydrogen) atoms. The molecule has 0 unspecified atom stereocenters. The van der Waals surface area contributed by atoms with E-state index in [2.05, 4.69) is 119 Å². The van der Waals surface area contributed by atoms with Gasteiger partial charge in [0.25, 0.3) is 0 Å². The van der Waals surface area contributed by atoms with Crippen LogP contribution in [0, 0.1) is 34.4 Å². The van der Waals surface area contributed by atoms with Crippen molar-refractivity contribution in [2.24, 2.45) is 0 Å². The molecule has 7 rings (SSSR count). The van der Waals surface area contributed by atoms with Gasteiger partial charge in [0, 0.05) is 58.9 Å². The first-order chi connectivity index (χ1) is 26.9. The summed E-state index contributed by atoms with van der Waals surface area (Å²) in [6.07, 6.45) is 28.1. The van der Waals surface area contributed by atoms with Crippen LogP contribution >= 0.6 is 27.3 Å². The molecule has 3 aromatic rings. The fourth-order valence-corrected chi connectivity index (χ4v) is 16.8. The van der Waals surface area contributed by atoms with Crippen LogP contribution in [0.5, 0.6) is 0 Å². The molecule has 0 N–H and O–H groups in total. The van der Waals surface area contributed by atoms with Crippen molar-refractivity contribution in [3.63, 3.8) is 0 Å². The zero-order valence-electron chi connectivity index (χ0n) is 35.7. The second-order valence-corrected chi connectivity index (χ2v) is 26.3.